The normalized spacial score (nSPS) is 17.7. The number of hydrogen-bond donors (Lipinski definition) is 1. The number of carbonyl (C=O) groups is 1. The molecule has 4 nitrogen and oxygen atoms in total. The summed E-state index contributed by atoms with van der Waals surface area (Å²) in [4.78, 5) is 18.7. The second-order valence-electron chi connectivity index (χ2n) is 5.40. The van der Waals surface area contributed by atoms with Crippen LogP contribution in [0.2, 0.25) is 5.02 Å². The van der Waals surface area contributed by atoms with Crippen LogP contribution in [0.15, 0.2) is 35.2 Å². The van der Waals surface area contributed by atoms with Gasteiger partial charge in [-0.25, -0.2) is 4.98 Å². The second kappa shape index (κ2) is 7.11. The van der Waals surface area contributed by atoms with E-state index in [0.717, 1.165) is 42.3 Å². The van der Waals surface area contributed by atoms with Crippen LogP contribution >= 0.6 is 22.9 Å². The van der Waals surface area contributed by atoms with Crippen LogP contribution in [0.3, 0.4) is 0 Å². The van der Waals surface area contributed by atoms with Gasteiger partial charge >= 0.3 is 0 Å². The number of halogens is 1. The summed E-state index contributed by atoms with van der Waals surface area (Å²) in [6.07, 6.45) is 1.66. The van der Waals surface area contributed by atoms with E-state index in [2.05, 4.69) is 15.2 Å². The van der Waals surface area contributed by atoms with E-state index in [1.807, 2.05) is 35.2 Å². The molecule has 116 valence electrons. The first-order valence-corrected chi connectivity index (χ1v) is 8.70. The third kappa shape index (κ3) is 3.59. The number of hydrogen-bond acceptors (Lipinski definition) is 4. The minimum absolute atomic E-state index is 0.0340. The second-order valence-corrected chi connectivity index (χ2v) is 6.53. The summed E-state index contributed by atoms with van der Waals surface area (Å²) in [5, 5.41) is 5.77. The minimum atomic E-state index is 0.0340. The average molecular weight is 336 g/mol. The van der Waals surface area contributed by atoms with E-state index in [4.69, 9.17) is 11.6 Å². The largest absolute Gasteiger partial charge is 0.370 e. The Morgan fingerprint density at radius 1 is 1.45 bits per heavy atom. The van der Waals surface area contributed by atoms with E-state index in [-0.39, 0.29) is 11.8 Å². The average Bonchev–Trinajstić information content (AvgIpc) is 3.19. The first kappa shape index (κ1) is 15.3. The number of nitrogens with zero attached hydrogens (tertiary/aromatic N) is 2. The maximum absolute atomic E-state index is 12.2. The lowest BCUT2D eigenvalue weighted by molar-refractivity contribution is -0.124. The van der Waals surface area contributed by atoms with Crippen molar-refractivity contribution in [3.8, 4) is 0 Å². The summed E-state index contributed by atoms with van der Waals surface area (Å²) in [5.41, 5.74) is 3.87. The van der Waals surface area contributed by atoms with E-state index >= 15 is 0 Å². The molecule has 0 spiro atoms. The van der Waals surface area contributed by atoms with Crippen molar-refractivity contribution in [1.82, 2.24) is 10.3 Å². The SMILES string of the molecule is O=C(NCCc1cscn1)C1CCN(c2ccccc2Cl)C1. The Hall–Kier alpha value is -1.59. The fraction of sp³-hybridized carbons (Fsp3) is 0.375. The molecular weight excluding hydrogens is 318 g/mol. The van der Waals surface area contributed by atoms with Crippen LogP contribution in [-0.4, -0.2) is 30.5 Å². The first-order valence-electron chi connectivity index (χ1n) is 7.38. The van der Waals surface area contributed by atoms with Crippen molar-refractivity contribution in [3.05, 3.63) is 45.9 Å². The number of para-hydroxylation sites is 1. The summed E-state index contributed by atoms with van der Waals surface area (Å²) in [7, 11) is 0. The van der Waals surface area contributed by atoms with Gasteiger partial charge in [0.15, 0.2) is 0 Å². The number of aromatic nitrogens is 1. The van der Waals surface area contributed by atoms with Gasteiger partial charge in [-0.3, -0.25) is 4.79 Å². The minimum Gasteiger partial charge on any atom is -0.370 e. The molecule has 22 heavy (non-hydrogen) atoms. The van der Waals surface area contributed by atoms with Crippen LogP contribution in [0.25, 0.3) is 0 Å². The number of carbonyl (C=O) groups excluding carboxylic acids is 1. The molecule has 0 saturated carbocycles. The number of benzene rings is 1. The van der Waals surface area contributed by atoms with Gasteiger partial charge in [0.1, 0.15) is 0 Å². The highest BCUT2D eigenvalue weighted by Gasteiger charge is 2.28. The van der Waals surface area contributed by atoms with Crippen molar-refractivity contribution >= 4 is 34.5 Å². The topological polar surface area (TPSA) is 45.2 Å². The number of nitrogens with one attached hydrogen (secondary N) is 1. The molecule has 1 amide bonds. The Kier molecular flexibility index (Phi) is 4.95. The van der Waals surface area contributed by atoms with E-state index < -0.39 is 0 Å². The van der Waals surface area contributed by atoms with Gasteiger partial charge in [-0.15, -0.1) is 11.3 Å². The molecule has 3 rings (SSSR count). The molecule has 1 aromatic carbocycles. The maximum Gasteiger partial charge on any atom is 0.224 e. The number of anilines is 1. The Morgan fingerprint density at radius 2 is 2.32 bits per heavy atom. The van der Waals surface area contributed by atoms with Gasteiger partial charge in [-0.1, -0.05) is 23.7 Å². The Bertz CT molecular complexity index is 632. The molecule has 0 aliphatic carbocycles. The monoisotopic (exact) mass is 335 g/mol. The molecule has 1 aliphatic rings. The lowest BCUT2D eigenvalue weighted by Gasteiger charge is -2.19. The molecule has 1 unspecified atom stereocenters. The fourth-order valence-electron chi connectivity index (χ4n) is 2.72. The molecule has 1 aliphatic heterocycles. The molecule has 1 aromatic heterocycles. The predicted molar refractivity (Wildman–Crippen MR) is 90.6 cm³/mol. The first-order chi connectivity index (χ1) is 10.7. The third-order valence-electron chi connectivity index (χ3n) is 3.92. The molecule has 6 heteroatoms. The smallest absolute Gasteiger partial charge is 0.224 e. The third-order valence-corrected chi connectivity index (χ3v) is 4.87. The molecule has 1 N–H and O–H groups in total. The zero-order valence-corrected chi connectivity index (χ0v) is 13.7. The van der Waals surface area contributed by atoms with E-state index in [1.54, 1.807) is 11.3 Å². The Morgan fingerprint density at radius 3 is 3.09 bits per heavy atom. The van der Waals surface area contributed by atoms with E-state index in [1.165, 1.54) is 0 Å². The fourth-order valence-corrected chi connectivity index (χ4v) is 3.57. The lowest BCUT2D eigenvalue weighted by Crippen LogP contribution is -2.34. The number of thiazole rings is 1. The lowest BCUT2D eigenvalue weighted by atomic mass is 10.1. The number of amides is 1. The van der Waals surface area contributed by atoms with Gasteiger partial charge in [0.05, 0.1) is 27.8 Å². The van der Waals surface area contributed by atoms with Crippen molar-refractivity contribution in [2.24, 2.45) is 5.92 Å². The molecule has 0 bridgehead atoms. The molecule has 1 saturated heterocycles. The number of rotatable bonds is 5. The highest BCUT2D eigenvalue weighted by molar-refractivity contribution is 7.07. The van der Waals surface area contributed by atoms with Crippen molar-refractivity contribution in [2.45, 2.75) is 12.8 Å². The van der Waals surface area contributed by atoms with Crippen LogP contribution in [0.4, 0.5) is 5.69 Å². The maximum atomic E-state index is 12.2. The van der Waals surface area contributed by atoms with Crippen LogP contribution < -0.4 is 10.2 Å². The van der Waals surface area contributed by atoms with Crippen molar-refractivity contribution in [3.63, 3.8) is 0 Å². The molecule has 0 radical (unpaired) electrons. The van der Waals surface area contributed by atoms with Gasteiger partial charge in [-0.05, 0) is 18.6 Å². The van der Waals surface area contributed by atoms with Crippen LogP contribution in [0, 0.1) is 5.92 Å². The molecule has 1 atom stereocenters. The molecule has 1 fully saturated rings. The molecule has 2 aromatic rings. The van der Waals surface area contributed by atoms with E-state index in [0.29, 0.717) is 6.54 Å². The highest BCUT2D eigenvalue weighted by Crippen LogP contribution is 2.30. The van der Waals surface area contributed by atoms with Crippen LogP contribution in [0.5, 0.6) is 0 Å². The van der Waals surface area contributed by atoms with Gasteiger partial charge < -0.3 is 10.2 Å². The Balaban J connectivity index is 1.49. The van der Waals surface area contributed by atoms with E-state index in [9.17, 15) is 4.79 Å². The molecular formula is C16H18ClN3OS. The predicted octanol–water partition coefficient (Wildman–Crippen LogP) is 2.98. The standard InChI is InChI=1S/C16H18ClN3OS/c17-14-3-1-2-4-15(14)20-8-6-12(9-20)16(21)18-7-5-13-10-22-11-19-13/h1-4,10-12H,5-9H2,(H,18,21). The van der Waals surface area contributed by atoms with Gasteiger partial charge in [0.25, 0.3) is 0 Å². The zero-order chi connectivity index (χ0) is 15.4. The molecule has 2 heterocycles. The highest BCUT2D eigenvalue weighted by atomic mass is 35.5. The van der Waals surface area contributed by atoms with Gasteiger partial charge in [0, 0.05) is 31.4 Å². The van der Waals surface area contributed by atoms with Crippen molar-refractivity contribution < 1.29 is 4.79 Å². The summed E-state index contributed by atoms with van der Waals surface area (Å²) in [5.74, 6) is 0.163. The van der Waals surface area contributed by atoms with Crippen LogP contribution in [-0.2, 0) is 11.2 Å². The van der Waals surface area contributed by atoms with Crippen molar-refractivity contribution in [1.29, 1.82) is 0 Å². The van der Waals surface area contributed by atoms with Crippen molar-refractivity contribution in [2.75, 3.05) is 24.5 Å². The Labute approximate surface area is 139 Å². The summed E-state index contributed by atoms with van der Waals surface area (Å²) < 4.78 is 0. The zero-order valence-electron chi connectivity index (χ0n) is 12.2. The summed E-state index contributed by atoms with van der Waals surface area (Å²) in [6.45, 7) is 2.24. The van der Waals surface area contributed by atoms with Gasteiger partial charge in [0.2, 0.25) is 5.91 Å². The quantitative estimate of drug-likeness (QED) is 0.913. The summed E-state index contributed by atoms with van der Waals surface area (Å²) in [6, 6.07) is 7.79. The summed E-state index contributed by atoms with van der Waals surface area (Å²) >= 11 is 7.80. The van der Waals surface area contributed by atoms with Crippen LogP contribution in [0.1, 0.15) is 12.1 Å². The van der Waals surface area contributed by atoms with Gasteiger partial charge in [-0.2, -0.15) is 0 Å².